The highest BCUT2D eigenvalue weighted by Crippen LogP contribution is 2.32. The summed E-state index contributed by atoms with van der Waals surface area (Å²) in [7, 11) is 0. The first-order chi connectivity index (χ1) is 9.78. The first-order valence-corrected chi connectivity index (χ1v) is 9.39. The third kappa shape index (κ3) is 5.76. The van der Waals surface area contributed by atoms with Gasteiger partial charge in [0.2, 0.25) is 0 Å². The monoisotopic (exact) mass is 280 g/mol. The molecule has 0 aromatic heterocycles. The lowest BCUT2D eigenvalue weighted by molar-refractivity contribution is 0.0134. The Balaban J connectivity index is 1.47. The van der Waals surface area contributed by atoms with Crippen molar-refractivity contribution in [3.8, 4) is 0 Å². The van der Waals surface area contributed by atoms with Crippen LogP contribution in [-0.2, 0) is 4.74 Å². The Morgan fingerprint density at radius 2 is 1.40 bits per heavy atom. The third-order valence-electron chi connectivity index (χ3n) is 5.74. The lowest BCUT2D eigenvalue weighted by Crippen LogP contribution is -2.22. The molecule has 1 nitrogen and oxygen atoms in total. The zero-order valence-corrected chi connectivity index (χ0v) is 13.9. The Kier molecular flexibility index (Phi) is 7.41. The molecule has 2 saturated carbocycles. The van der Waals surface area contributed by atoms with Gasteiger partial charge >= 0.3 is 0 Å². The van der Waals surface area contributed by atoms with E-state index >= 15 is 0 Å². The molecule has 1 heteroatoms. The summed E-state index contributed by atoms with van der Waals surface area (Å²) >= 11 is 0. The summed E-state index contributed by atoms with van der Waals surface area (Å²) < 4.78 is 6.12. The molecule has 20 heavy (non-hydrogen) atoms. The highest BCUT2D eigenvalue weighted by Gasteiger charge is 2.21. The molecule has 2 fully saturated rings. The van der Waals surface area contributed by atoms with Gasteiger partial charge in [-0.25, -0.2) is 0 Å². The van der Waals surface area contributed by atoms with E-state index < -0.39 is 0 Å². The molecule has 0 aromatic rings. The van der Waals surface area contributed by atoms with E-state index in [1.807, 2.05) is 0 Å². The summed E-state index contributed by atoms with van der Waals surface area (Å²) in [5.41, 5.74) is 0. The summed E-state index contributed by atoms with van der Waals surface area (Å²) in [5, 5.41) is 0. The maximum absolute atomic E-state index is 6.12. The third-order valence-corrected chi connectivity index (χ3v) is 5.74. The zero-order chi connectivity index (χ0) is 14.2. The maximum atomic E-state index is 6.12. The van der Waals surface area contributed by atoms with Gasteiger partial charge in [-0.2, -0.15) is 0 Å². The molecule has 2 aliphatic rings. The molecule has 2 aliphatic carbocycles. The van der Waals surface area contributed by atoms with E-state index in [0.29, 0.717) is 6.10 Å². The van der Waals surface area contributed by atoms with Crippen LogP contribution >= 0.6 is 0 Å². The van der Waals surface area contributed by atoms with E-state index in [0.717, 1.165) is 24.4 Å². The van der Waals surface area contributed by atoms with Gasteiger partial charge in [0.05, 0.1) is 6.10 Å². The van der Waals surface area contributed by atoms with Gasteiger partial charge in [0.1, 0.15) is 0 Å². The zero-order valence-electron chi connectivity index (χ0n) is 13.9. The topological polar surface area (TPSA) is 9.23 Å². The Labute approximate surface area is 126 Å². The van der Waals surface area contributed by atoms with Crippen molar-refractivity contribution in [1.82, 2.24) is 0 Å². The van der Waals surface area contributed by atoms with E-state index in [2.05, 4.69) is 13.8 Å². The van der Waals surface area contributed by atoms with Crippen LogP contribution in [0.4, 0.5) is 0 Å². The second kappa shape index (κ2) is 9.07. The molecule has 0 bridgehead atoms. The van der Waals surface area contributed by atoms with E-state index in [9.17, 15) is 0 Å². The molecule has 0 heterocycles. The van der Waals surface area contributed by atoms with Gasteiger partial charge in [-0.05, 0) is 56.3 Å². The van der Waals surface area contributed by atoms with Gasteiger partial charge in [-0.3, -0.25) is 0 Å². The van der Waals surface area contributed by atoms with Crippen molar-refractivity contribution in [3.63, 3.8) is 0 Å². The molecule has 0 radical (unpaired) electrons. The van der Waals surface area contributed by atoms with Crippen molar-refractivity contribution < 1.29 is 4.74 Å². The number of ether oxygens (including phenoxy) is 1. The molecule has 0 spiro atoms. The predicted molar refractivity (Wildman–Crippen MR) is 87.0 cm³/mol. The van der Waals surface area contributed by atoms with Crippen LogP contribution in [-0.4, -0.2) is 12.7 Å². The second-order valence-corrected chi connectivity index (χ2v) is 7.57. The fraction of sp³-hybridized carbons (Fsp3) is 1.00. The number of hydrogen-bond donors (Lipinski definition) is 0. The molecule has 0 saturated heterocycles. The molecule has 0 atom stereocenters. The first-order valence-electron chi connectivity index (χ1n) is 9.39. The predicted octanol–water partition coefficient (Wildman–Crippen LogP) is 5.97. The van der Waals surface area contributed by atoms with Crippen LogP contribution in [0.2, 0.25) is 0 Å². The summed E-state index contributed by atoms with van der Waals surface area (Å²) in [4.78, 5) is 0. The van der Waals surface area contributed by atoms with Crippen LogP contribution in [0.3, 0.4) is 0 Å². The van der Waals surface area contributed by atoms with Gasteiger partial charge in [0.25, 0.3) is 0 Å². The van der Waals surface area contributed by atoms with Crippen LogP contribution in [0.15, 0.2) is 0 Å². The average Bonchev–Trinajstić information content (AvgIpc) is 2.47. The summed E-state index contributed by atoms with van der Waals surface area (Å²) in [6, 6.07) is 0. The van der Waals surface area contributed by atoms with Crippen LogP contribution in [0.1, 0.15) is 90.9 Å². The number of rotatable bonds is 7. The molecule has 0 aromatic carbocycles. The normalized spacial score (nSPS) is 35.1. The molecule has 0 aliphatic heterocycles. The standard InChI is InChI=1S/C19H36O/c1-3-5-17-11-13-19(14-12-17)20-15-4-6-18-9-7-16(2)8-10-18/h16-19H,3-15H2,1-2H3/t16-,17?,18-,19?. The van der Waals surface area contributed by atoms with E-state index in [1.165, 1.54) is 77.0 Å². The number of hydrogen-bond acceptors (Lipinski definition) is 1. The maximum Gasteiger partial charge on any atom is 0.0575 e. The second-order valence-electron chi connectivity index (χ2n) is 7.57. The van der Waals surface area contributed by atoms with Crippen LogP contribution in [0, 0.1) is 17.8 Å². The minimum absolute atomic E-state index is 0.592. The molecule has 0 unspecified atom stereocenters. The highest BCUT2D eigenvalue weighted by atomic mass is 16.5. The summed E-state index contributed by atoms with van der Waals surface area (Å²) in [6.07, 6.45) is 17.5. The molecule has 0 amide bonds. The fourth-order valence-electron chi connectivity index (χ4n) is 4.24. The van der Waals surface area contributed by atoms with Crippen molar-refractivity contribution >= 4 is 0 Å². The van der Waals surface area contributed by atoms with Crippen molar-refractivity contribution in [1.29, 1.82) is 0 Å². The minimum atomic E-state index is 0.592. The fourth-order valence-corrected chi connectivity index (χ4v) is 4.24. The van der Waals surface area contributed by atoms with Gasteiger partial charge < -0.3 is 4.74 Å². The summed E-state index contributed by atoms with van der Waals surface area (Å²) in [5.74, 6) is 3.00. The minimum Gasteiger partial charge on any atom is -0.378 e. The van der Waals surface area contributed by atoms with Crippen molar-refractivity contribution in [3.05, 3.63) is 0 Å². The van der Waals surface area contributed by atoms with Gasteiger partial charge in [-0.1, -0.05) is 52.4 Å². The smallest absolute Gasteiger partial charge is 0.0575 e. The molecule has 2 rings (SSSR count). The molecular formula is C19H36O. The average molecular weight is 280 g/mol. The Bertz CT molecular complexity index is 234. The largest absolute Gasteiger partial charge is 0.378 e. The lowest BCUT2D eigenvalue weighted by Gasteiger charge is -2.29. The van der Waals surface area contributed by atoms with Gasteiger partial charge in [0.15, 0.2) is 0 Å². The van der Waals surface area contributed by atoms with Crippen LogP contribution in [0.5, 0.6) is 0 Å². The van der Waals surface area contributed by atoms with E-state index in [1.54, 1.807) is 0 Å². The van der Waals surface area contributed by atoms with Crippen LogP contribution in [0.25, 0.3) is 0 Å². The highest BCUT2D eigenvalue weighted by molar-refractivity contribution is 4.73. The van der Waals surface area contributed by atoms with Gasteiger partial charge in [0, 0.05) is 6.61 Å². The first kappa shape index (κ1) is 16.3. The van der Waals surface area contributed by atoms with Crippen molar-refractivity contribution in [2.24, 2.45) is 17.8 Å². The Hall–Kier alpha value is -0.0400. The Morgan fingerprint density at radius 1 is 0.800 bits per heavy atom. The van der Waals surface area contributed by atoms with Crippen LogP contribution < -0.4 is 0 Å². The summed E-state index contributed by atoms with van der Waals surface area (Å²) in [6.45, 7) is 5.75. The Morgan fingerprint density at radius 3 is 2.05 bits per heavy atom. The molecular weight excluding hydrogens is 244 g/mol. The van der Waals surface area contributed by atoms with Gasteiger partial charge in [-0.15, -0.1) is 0 Å². The van der Waals surface area contributed by atoms with E-state index in [-0.39, 0.29) is 0 Å². The van der Waals surface area contributed by atoms with Crippen molar-refractivity contribution in [2.75, 3.05) is 6.61 Å². The van der Waals surface area contributed by atoms with E-state index in [4.69, 9.17) is 4.74 Å². The molecule has 118 valence electrons. The quantitative estimate of drug-likeness (QED) is 0.522. The SMILES string of the molecule is CCCC1CCC(OCCC[C@H]2CC[C@H](C)CC2)CC1. The van der Waals surface area contributed by atoms with Crippen molar-refractivity contribution in [2.45, 2.75) is 97.0 Å². The lowest BCUT2D eigenvalue weighted by atomic mass is 9.81. The molecule has 0 N–H and O–H groups in total.